The number of aryl methyl sites for hydroxylation is 1. The molecule has 2 aliphatic heterocycles. The van der Waals surface area contributed by atoms with Crippen LogP contribution in [0, 0.1) is 17.8 Å². The molecule has 2 N–H and O–H groups in total. The summed E-state index contributed by atoms with van der Waals surface area (Å²) in [6.07, 6.45) is 7.12. The van der Waals surface area contributed by atoms with Crippen LogP contribution in [0.1, 0.15) is 68.1 Å². The van der Waals surface area contributed by atoms with Gasteiger partial charge in [0, 0.05) is 44.0 Å². The summed E-state index contributed by atoms with van der Waals surface area (Å²) in [5.74, 6) is -0.923. The van der Waals surface area contributed by atoms with Gasteiger partial charge >= 0.3 is 5.97 Å². The van der Waals surface area contributed by atoms with E-state index in [-0.39, 0.29) is 30.1 Å². The number of carboxylic acid groups (broad SMARTS) is 1. The molecule has 1 fully saturated rings. The molecule has 2 aromatic carbocycles. The van der Waals surface area contributed by atoms with Gasteiger partial charge in [-0.1, -0.05) is 56.2 Å². The molecule has 1 saturated carbocycles. The molecular weight excluding hydrogens is 552 g/mol. The fourth-order valence-corrected chi connectivity index (χ4v) is 7.02. The maximum Gasteiger partial charge on any atom is 0.311 e. The van der Waals surface area contributed by atoms with Crippen LogP contribution < -0.4 is 9.64 Å². The van der Waals surface area contributed by atoms with E-state index in [9.17, 15) is 19.8 Å². The highest BCUT2D eigenvalue weighted by molar-refractivity contribution is 6.30. The molecule has 0 spiro atoms. The molecule has 7 nitrogen and oxygen atoms in total. The zero-order valence-electron chi connectivity index (χ0n) is 24.8. The van der Waals surface area contributed by atoms with Gasteiger partial charge in [-0.3, -0.25) is 9.59 Å². The normalized spacial score (nSPS) is 29.1. The van der Waals surface area contributed by atoms with Crippen molar-refractivity contribution in [2.45, 2.75) is 63.9 Å². The Labute approximate surface area is 254 Å². The van der Waals surface area contributed by atoms with Crippen LogP contribution in [-0.2, 0) is 16.0 Å². The Morgan fingerprint density at radius 3 is 2.62 bits per heavy atom. The third kappa shape index (κ3) is 6.63. The molecule has 1 amide bonds. The number of carbonyl (C=O) groups is 2. The number of amides is 1. The minimum Gasteiger partial charge on any atom is -0.491 e. The summed E-state index contributed by atoms with van der Waals surface area (Å²) in [7, 11) is 1.71. The zero-order valence-corrected chi connectivity index (χ0v) is 25.6. The molecule has 5 rings (SSSR count). The van der Waals surface area contributed by atoms with Gasteiger partial charge in [-0.05, 0) is 78.0 Å². The second-order valence-electron chi connectivity index (χ2n) is 12.5. The van der Waals surface area contributed by atoms with Crippen molar-refractivity contribution in [2.24, 2.45) is 17.8 Å². The first kappa shape index (κ1) is 30.4. The quantitative estimate of drug-likeness (QED) is 0.429. The van der Waals surface area contributed by atoms with Crippen LogP contribution in [0.2, 0.25) is 5.02 Å². The van der Waals surface area contributed by atoms with Crippen molar-refractivity contribution in [1.29, 1.82) is 0 Å². The first-order valence-corrected chi connectivity index (χ1v) is 15.7. The summed E-state index contributed by atoms with van der Waals surface area (Å²) in [6.45, 7) is 6.55. The summed E-state index contributed by atoms with van der Waals surface area (Å²) in [5, 5.41) is 22.1. The number of halogens is 1. The summed E-state index contributed by atoms with van der Waals surface area (Å²) < 4.78 is 6.43. The molecule has 6 unspecified atom stereocenters. The maximum absolute atomic E-state index is 13.1. The molecule has 0 radical (unpaired) electrons. The lowest BCUT2D eigenvalue weighted by Gasteiger charge is -2.43. The number of anilines is 1. The van der Waals surface area contributed by atoms with Gasteiger partial charge in [0.05, 0.1) is 24.3 Å². The van der Waals surface area contributed by atoms with E-state index in [1.165, 1.54) is 11.1 Å². The van der Waals surface area contributed by atoms with Crippen molar-refractivity contribution >= 4 is 29.2 Å². The average molecular weight is 595 g/mol. The number of ether oxygens (including phenoxy) is 1. The molecule has 3 aliphatic rings. The fourth-order valence-electron chi connectivity index (χ4n) is 6.82. The van der Waals surface area contributed by atoms with E-state index in [0.717, 1.165) is 42.9 Å². The topological polar surface area (TPSA) is 90.3 Å². The molecule has 0 saturated heterocycles. The lowest BCUT2D eigenvalue weighted by molar-refractivity contribution is -0.142. The van der Waals surface area contributed by atoms with Gasteiger partial charge in [-0.15, -0.1) is 0 Å². The van der Waals surface area contributed by atoms with Crippen LogP contribution in [-0.4, -0.2) is 66.4 Å². The molecule has 2 heterocycles. The van der Waals surface area contributed by atoms with Gasteiger partial charge in [0.25, 0.3) is 0 Å². The SMILES string of the molecule is CCCc1cc(Cl)ccc1C1COc2ccc3cc2N(C1)CC1CCC1C(O)/C=C/C(C)CN(C)C(=O)CC3C(=O)O. The first-order chi connectivity index (χ1) is 20.1. The van der Waals surface area contributed by atoms with Gasteiger partial charge in [0.15, 0.2) is 0 Å². The summed E-state index contributed by atoms with van der Waals surface area (Å²) >= 11 is 6.39. The number of carbonyl (C=O) groups excluding carboxylic acids is 1. The third-order valence-corrected chi connectivity index (χ3v) is 9.58. The predicted molar refractivity (Wildman–Crippen MR) is 165 cm³/mol. The monoisotopic (exact) mass is 594 g/mol. The second kappa shape index (κ2) is 13.1. The van der Waals surface area contributed by atoms with E-state index < -0.39 is 18.0 Å². The second-order valence-corrected chi connectivity index (χ2v) is 12.9. The highest BCUT2D eigenvalue weighted by Crippen LogP contribution is 2.43. The third-order valence-electron chi connectivity index (χ3n) is 9.34. The zero-order chi connectivity index (χ0) is 30.0. The molecule has 6 atom stereocenters. The van der Waals surface area contributed by atoms with Crippen molar-refractivity contribution in [3.8, 4) is 5.75 Å². The lowest BCUT2D eigenvalue weighted by atomic mass is 9.70. The van der Waals surface area contributed by atoms with Gasteiger partial charge in [0.2, 0.25) is 5.91 Å². The minimum atomic E-state index is -1.02. The van der Waals surface area contributed by atoms with E-state index in [4.69, 9.17) is 16.3 Å². The van der Waals surface area contributed by atoms with E-state index in [0.29, 0.717) is 36.9 Å². The summed E-state index contributed by atoms with van der Waals surface area (Å²) in [6, 6.07) is 11.7. The Balaban J connectivity index is 1.56. The van der Waals surface area contributed by atoms with Gasteiger partial charge in [-0.25, -0.2) is 0 Å². The number of benzene rings is 2. The summed E-state index contributed by atoms with van der Waals surface area (Å²) in [4.78, 5) is 29.5. The Morgan fingerprint density at radius 1 is 1.10 bits per heavy atom. The Kier molecular flexibility index (Phi) is 9.48. The molecule has 2 bridgehead atoms. The Morgan fingerprint density at radius 2 is 1.90 bits per heavy atom. The van der Waals surface area contributed by atoms with Crippen molar-refractivity contribution < 1.29 is 24.5 Å². The van der Waals surface area contributed by atoms with E-state index >= 15 is 0 Å². The molecule has 226 valence electrons. The van der Waals surface area contributed by atoms with Crippen molar-refractivity contribution in [2.75, 3.05) is 38.2 Å². The molecular formula is C34H43ClN2O5. The minimum absolute atomic E-state index is 0.0365. The predicted octanol–water partition coefficient (Wildman–Crippen LogP) is 5.88. The average Bonchev–Trinajstić information content (AvgIpc) is 3.11. The number of hydrogen-bond donors (Lipinski definition) is 2. The van der Waals surface area contributed by atoms with Crippen LogP contribution in [0.4, 0.5) is 5.69 Å². The number of aliphatic hydroxyl groups excluding tert-OH is 1. The number of hydrogen-bond acceptors (Lipinski definition) is 5. The molecule has 1 aliphatic carbocycles. The van der Waals surface area contributed by atoms with Gasteiger partial charge in [0.1, 0.15) is 5.75 Å². The number of fused-ring (bicyclic) bond motifs is 2. The van der Waals surface area contributed by atoms with Crippen LogP contribution in [0.5, 0.6) is 5.75 Å². The highest BCUT2D eigenvalue weighted by atomic mass is 35.5. The maximum atomic E-state index is 13.1. The standard InChI is InChI=1S/C34H43ClN2O5/c1-4-5-22-14-26(35)9-11-27(22)25-19-37-18-24-7-10-28(24)31(38)12-6-21(2)17-36(3)33(39)16-29(34(40)41)23-8-13-32(42-20-25)30(37)15-23/h6,8-9,11-15,21,24-25,28-29,31,38H,4-5,7,10,16-20H2,1-3H3,(H,40,41)/b12-6+. The van der Waals surface area contributed by atoms with Gasteiger partial charge in [-0.2, -0.15) is 0 Å². The molecule has 2 aromatic rings. The lowest BCUT2D eigenvalue weighted by Crippen LogP contribution is -2.44. The number of rotatable bonds is 4. The van der Waals surface area contributed by atoms with Crippen LogP contribution >= 0.6 is 11.6 Å². The van der Waals surface area contributed by atoms with E-state index in [1.807, 2.05) is 37.3 Å². The van der Waals surface area contributed by atoms with Gasteiger partial charge < -0.3 is 24.7 Å². The van der Waals surface area contributed by atoms with Crippen LogP contribution in [0.15, 0.2) is 48.6 Å². The molecule has 8 heteroatoms. The smallest absolute Gasteiger partial charge is 0.311 e. The number of aliphatic hydroxyl groups is 1. The van der Waals surface area contributed by atoms with E-state index in [1.54, 1.807) is 18.0 Å². The van der Waals surface area contributed by atoms with E-state index in [2.05, 4.69) is 24.0 Å². The van der Waals surface area contributed by atoms with Crippen LogP contribution in [0.3, 0.4) is 0 Å². The van der Waals surface area contributed by atoms with Crippen molar-refractivity contribution in [1.82, 2.24) is 4.90 Å². The highest BCUT2D eigenvalue weighted by Gasteiger charge is 2.38. The Hall–Kier alpha value is -3.03. The first-order valence-electron chi connectivity index (χ1n) is 15.3. The largest absolute Gasteiger partial charge is 0.491 e. The summed E-state index contributed by atoms with van der Waals surface area (Å²) in [5.41, 5.74) is 3.90. The Bertz CT molecular complexity index is 1330. The number of aliphatic carboxylic acids is 1. The molecule has 0 aromatic heterocycles. The van der Waals surface area contributed by atoms with Crippen LogP contribution in [0.25, 0.3) is 0 Å². The number of nitrogens with zero attached hydrogens (tertiary/aromatic N) is 2. The van der Waals surface area contributed by atoms with Crippen molar-refractivity contribution in [3.05, 3.63) is 70.3 Å². The van der Waals surface area contributed by atoms with Crippen molar-refractivity contribution in [3.63, 3.8) is 0 Å². The fraction of sp³-hybridized carbons (Fsp3) is 0.529. The number of carboxylic acids is 1. The molecule has 42 heavy (non-hydrogen) atoms.